The van der Waals surface area contributed by atoms with Crippen molar-refractivity contribution >= 4 is 5.91 Å². The van der Waals surface area contributed by atoms with E-state index in [4.69, 9.17) is 0 Å². The van der Waals surface area contributed by atoms with Crippen molar-refractivity contribution in [3.63, 3.8) is 0 Å². The number of hydrogen-bond acceptors (Lipinski definition) is 3. The van der Waals surface area contributed by atoms with Gasteiger partial charge in [0, 0.05) is 37.9 Å². The van der Waals surface area contributed by atoms with Crippen molar-refractivity contribution in [2.45, 2.75) is 50.5 Å². The number of pyridine rings is 1. The number of amides is 1. The molecular formula is C17H25N3O. The van der Waals surface area contributed by atoms with Crippen LogP contribution in [-0.2, 0) is 11.2 Å². The predicted octanol–water partition coefficient (Wildman–Crippen LogP) is 2.15. The number of rotatable bonds is 3. The van der Waals surface area contributed by atoms with Crippen LogP contribution < -0.4 is 5.32 Å². The second-order valence-electron chi connectivity index (χ2n) is 6.33. The highest BCUT2D eigenvalue weighted by atomic mass is 16.2. The Bertz CT molecular complexity index is 460. The van der Waals surface area contributed by atoms with E-state index >= 15 is 0 Å². The maximum absolute atomic E-state index is 12.7. The summed E-state index contributed by atoms with van der Waals surface area (Å²) in [5, 5.41) is 3.50. The third-order valence-corrected chi connectivity index (χ3v) is 4.95. The van der Waals surface area contributed by atoms with Gasteiger partial charge in [0.05, 0.1) is 5.54 Å². The average molecular weight is 287 g/mol. The quantitative estimate of drug-likeness (QED) is 0.926. The fourth-order valence-electron chi connectivity index (χ4n) is 3.81. The Morgan fingerprint density at radius 2 is 2.14 bits per heavy atom. The first-order chi connectivity index (χ1) is 10.3. The number of carbonyl (C=O) groups is 1. The second kappa shape index (κ2) is 6.56. The molecule has 1 saturated heterocycles. The van der Waals surface area contributed by atoms with Gasteiger partial charge in [-0.1, -0.05) is 25.3 Å². The van der Waals surface area contributed by atoms with E-state index in [2.05, 4.69) is 15.2 Å². The summed E-state index contributed by atoms with van der Waals surface area (Å²) in [5.41, 5.74) is 1.11. The Balaban J connectivity index is 1.64. The molecule has 1 aliphatic heterocycles. The minimum atomic E-state index is 0.0949. The molecule has 1 aromatic heterocycles. The van der Waals surface area contributed by atoms with Crippen LogP contribution in [-0.4, -0.2) is 41.0 Å². The smallest absolute Gasteiger partial charge is 0.223 e. The van der Waals surface area contributed by atoms with E-state index in [1.165, 1.54) is 19.3 Å². The van der Waals surface area contributed by atoms with E-state index in [0.717, 1.165) is 44.6 Å². The normalized spacial score (nSPS) is 21.4. The van der Waals surface area contributed by atoms with E-state index in [1.807, 2.05) is 18.2 Å². The fraction of sp³-hybridized carbons (Fsp3) is 0.647. The molecule has 1 aliphatic carbocycles. The van der Waals surface area contributed by atoms with Crippen LogP contribution in [0.25, 0.3) is 0 Å². The van der Waals surface area contributed by atoms with Gasteiger partial charge in [0.2, 0.25) is 5.91 Å². The van der Waals surface area contributed by atoms with Crippen LogP contribution in [0.2, 0.25) is 0 Å². The molecule has 2 heterocycles. The highest BCUT2D eigenvalue weighted by Crippen LogP contribution is 2.35. The van der Waals surface area contributed by atoms with E-state index < -0.39 is 0 Å². The Labute approximate surface area is 126 Å². The molecule has 0 bridgehead atoms. The van der Waals surface area contributed by atoms with E-state index in [-0.39, 0.29) is 5.54 Å². The molecule has 1 amide bonds. The van der Waals surface area contributed by atoms with Gasteiger partial charge in [0.25, 0.3) is 0 Å². The maximum Gasteiger partial charge on any atom is 0.223 e. The molecule has 1 spiro atoms. The minimum Gasteiger partial charge on any atom is -0.334 e. The molecule has 4 nitrogen and oxygen atoms in total. The first-order valence-corrected chi connectivity index (χ1v) is 8.21. The van der Waals surface area contributed by atoms with Gasteiger partial charge in [-0.05, 0) is 31.4 Å². The van der Waals surface area contributed by atoms with Gasteiger partial charge in [0.15, 0.2) is 0 Å². The summed E-state index contributed by atoms with van der Waals surface area (Å²) in [6.45, 7) is 2.76. The number of nitrogens with one attached hydrogen (secondary N) is 1. The van der Waals surface area contributed by atoms with E-state index in [9.17, 15) is 4.79 Å². The Morgan fingerprint density at radius 1 is 1.29 bits per heavy atom. The molecule has 2 fully saturated rings. The van der Waals surface area contributed by atoms with Gasteiger partial charge in [-0.3, -0.25) is 9.78 Å². The van der Waals surface area contributed by atoms with E-state index in [1.54, 1.807) is 6.20 Å². The van der Waals surface area contributed by atoms with Crippen molar-refractivity contribution in [2.75, 3.05) is 19.6 Å². The summed E-state index contributed by atoms with van der Waals surface area (Å²) >= 11 is 0. The standard InChI is InChI=1S/C17H25N3O/c21-16(8-7-15-6-2-5-11-19-15)20-13-12-18-14-17(20)9-3-1-4-10-17/h2,5-6,11,18H,1,3-4,7-10,12-14H2. The summed E-state index contributed by atoms with van der Waals surface area (Å²) in [7, 11) is 0. The van der Waals surface area contributed by atoms with Gasteiger partial charge in [-0.15, -0.1) is 0 Å². The topological polar surface area (TPSA) is 45.2 Å². The summed E-state index contributed by atoms with van der Waals surface area (Å²) in [6, 6.07) is 5.90. The predicted molar refractivity (Wildman–Crippen MR) is 83.0 cm³/mol. The molecule has 4 heteroatoms. The summed E-state index contributed by atoms with van der Waals surface area (Å²) in [4.78, 5) is 19.2. The van der Waals surface area contributed by atoms with Crippen molar-refractivity contribution in [1.29, 1.82) is 0 Å². The van der Waals surface area contributed by atoms with Crippen molar-refractivity contribution in [1.82, 2.24) is 15.2 Å². The molecule has 21 heavy (non-hydrogen) atoms. The van der Waals surface area contributed by atoms with Crippen LogP contribution in [0.5, 0.6) is 0 Å². The molecular weight excluding hydrogens is 262 g/mol. The molecule has 1 N–H and O–H groups in total. The van der Waals surface area contributed by atoms with Crippen LogP contribution >= 0.6 is 0 Å². The van der Waals surface area contributed by atoms with Gasteiger partial charge in [-0.25, -0.2) is 0 Å². The Hall–Kier alpha value is -1.42. The van der Waals surface area contributed by atoms with Crippen LogP contribution in [0.3, 0.4) is 0 Å². The third-order valence-electron chi connectivity index (χ3n) is 4.95. The number of piperazine rings is 1. The molecule has 3 rings (SSSR count). The molecule has 1 aromatic rings. The van der Waals surface area contributed by atoms with Gasteiger partial charge < -0.3 is 10.2 Å². The lowest BCUT2D eigenvalue weighted by molar-refractivity contribution is -0.140. The van der Waals surface area contributed by atoms with Crippen molar-refractivity contribution in [2.24, 2.45) is 0 Å². The first-order valence-electron chi connectivity index (χ1n) is 8.21. The zero-order valence-electron chi connectivity index (χ0n) is 12.7. The van der Waals surface area contributed by atoms with Crippen LogP contribution in [0.15, 0.2) is 24.4 Å². The largest absolute Gasteiger partial charge is 0.334 e. The van der Waals surface area contributed by atoms with Gasteiger partial charge >= 0.3 is 0 Å². The van der Waals surface area contributed by atoms with Gasteiger partial charge in [-0.2, -0.15) is 0 Å². The number of aryl methyl sites for hydroxylation is 1. The minimum absolute atomic E-state index is 0.0949. The van der Waals surface area contributed by atoms with Crippen molar-refractivity contribution < 1.29 is 4.79 Å². The van der Waals surface area contributed by atoms with Crippen molar-refractivity contribution in [3.8, 4) is 0 Å². The van der Waals surface area contributed by atoms with Crippen molar-refractivity contribution in [3.05, 3.63) is 30.1 Å². The SMILES string of the molecule is O=C(CCc1ccccn1)N1CCNCC12CCCCC2. The number of nitrogens with zero attached hydrogens (tertiary/aromatic N) is 2. The van der Waals surface area contributed by atoms with Crippen LogP contribution in [0.1, 0.15) is 44.2 Å². The number of aromatic nitrogens is 1. The monoisotopic (exact) mass is 287 g/mol. The summed E-state index contributed by atoms with van der Waals surface area (Å²) in [6.07, 6.45) is 9.28. The first kappa shape index (κ1) is 14.5. The zero-order valence-corrected chi connectivity index (χ0v) is 12.7. The second-order valence-corrected chi connectivity index (χ2v) is 6.33. The van der Waals surface area contributed by atoms with Crippen LogP contribution in [0.4, 0.5) is 0 Å². The molecule has 1 saturated carbocycles. The molecule has 2 aliphatic rings. The molecule has 0 atom stereocenters. The zero-order chi connectivity index (χ0) is 14.5. The third kappa shape index (κ3) is 3.26. The number of hydrogen-bond donors (Lipinski definition) is 1. The Morgan fingerprint density at radius 3 is 2.90 bits per heavy atom. The highest BCUT2D eigenvalue weighted by Gasteiger charge is 2.41. The van der Waals surface area contributed by atoms with E-state index in [0.29, 0.717) is 12.3 Å². The highest BCUT2D eigenvalue weighted by molar-refractivity contribution is 5.77. The molecule has 0 unspecified atom stereocenters. The lowest BCUT2D eigenvalue weighted by Gasteiger charge is -2.50. The fourth-order valence-corrected chi connectivity index (χ4v) is 3.81. The lowest BCUT2D eigenvalue weighted by atomic mass is 9.79. The molecule has 114 valence electrons. The molecule has 0 radical (unpaired) electrons. The number of carbonyl (C=O) groups excluding carboxylic acids is 1. The molecule has 0 aromatic carbocycles. The summed E-state index contributed by atoms with van der Waals surface area (Å²) in [5.74, 6) is 0.309. The average Bonchev–Trinajstić information content (AvgIpc) is 2.55. The Kier molecular flexibility index (Phi) is 4.54. The van der Waals surface area contributed by atoms with Gasteiger partial charge in [0.1, 0.15) is 0 Å². The van der Waals surface area contributed by atoms with Crippen LogP contribution in [0, 0.1) is 0 Å². The maximum atomic E-state index is 12.7. The lowest BCUT2D eigenvalue weighted by Crippen LogP contribution is -2.63. The summed E-state index contributed by atoms with van der Waals surface area (Å²) < 4.78 is 0.